The Labute approximate surface area is 244 Å². The second kappa shape index (κ2) is 22.8. The fourth-order valence-corrected chi connectivity index (χ4v) is 3.69. The van der Waals surface area contributed by atoms with Crippen LogP contribution >= 0.6 is 0 Å². The first-order valence-corrected chi connectivity index (χ1v) is 14.8. The van der Waals surface area contributed by atoms with E-state index in [0.717, 1.165) is 64.5 Å². The average molecular weight is 557 g/mol. The zero-order valence-corrected chi connectivity index (χ0v) is 27.3. The van der Waals surface area contributed by atoms with Crippen LogP contribution in [0.5, 0.6) is 5.75 Å². The van der Waals surface area contributed by atoms with Crippen LogP contribution in [0.1, 0.15) is 117 Å². The van der Waals surface area contributed by atoms with Crippen molar-refractivity contribution in [2.75, 3.05) is 6.61 Å². The number of hydrogen-bond donors (Lipinski definition) is 1. The molecule has 1 aromatic carbocycles. The molecule has 0 aliphatic carbocycles. The molecule has 0 atom stereocenters. The monoisotopic (exact) mass is 556 g/mol. The molecule has 2 aromatic rings. The van der Waals surface area contributed by atoms with Gasteiger partial charge in [0.25, 0.3) is 0 Å². The molecule has 0 saturated carbocycles. The molecule has 0 aliphatic heterocycles. The molecule has 0 bridgehead atoms. The number of aromatic nitrogens is 2. The topological polar surface area (TPSA) is 55.2 Å². The lowest BCUT2D eigenvalue weighted by molar-refractivity contribution is 0.207. The van der Waals surface area contributed by atoms with Crippen molar-refractivity contribution in [3.63, 3.8) is 0 Å². The molecular weight excluding hydrogens is 499 g/mol. The first-order valence-electron chi connectivity index (χ1n) is 14.8. The largest absolute Gasteiger partial charge is 0.516 e. The Balaban J connectivity index is 0. The van der Waals surface area contributed by atoms with Crippen LogP contribution in [0.25, 0.3) is 12.2 Å². The van der Waals surface area contributed by atoms with Gasteiger partial charge in [0.15, 0.2) is 0 Å². The third-order valence-corrected chi connectivity index (χ3v) is 5.59. The van der Waals surface area contributed by atoms with E-state index in [-0.39, 0.29) is 0 Å². The second-order valence-corrected chi connectivity index (χ2v) is 9.78. The number of aliphatic hydroxyl groups excluding tert-OH is 1. The third kappa shape index (κ3) is 16.2. The number of unbranched alkanes of at least 4 members (excludes halogenated alkanes) is 3. The molecule has 40 heavy (non-hydrogen) atoms. The molecule has 0 spiro atoms. The highest BCUT2D eigenvalue weighted by atomic mass is 19.1. The van der Waals surface area contributed by atoms with Gasteiger partial charge in [0.1, 0.15) is 17.2 Å². The van der Waals surface area contributed by atoms with Gasteiger partial charge < -0.3 is 9.84 Å². The van der Waals surface area contributed by atoms with Crippen molar-refractivity contribution >= 4 is 12.2 Å². The third-order valence-electron chi connectivity index (χ3n) is 5.59. The highest BCUT2D eigenvalue weighted by Crippen LogP contribution is 2.35. The van der Waals surface area contributed by atoms with Crippen LogP contribution in [0.3, 0.4) is 0 Å². The summed E-state index contributed by atoms with van der Waals surface area (Å²) < 4.78 is 19.7. The lowest BCUT2D eigenvalue weighted by atomic mass is 9.95. The summed E-state index contributed by atoms with van der Waals surface area (Å²) in [4.78, 5) is 8.70. The van der Waals surface area contributed by atoms with Gasteiger partial charge in [-0.2, -0.15) is 0 Å². The van der Waals surface area contributed by atoms with Crippen LogP contribution < -0.4 is 15.3 Å². The summed E-state index contributed by atoms with van der Waals surface area (Å²) in [6.45, 7) is 25.8. The number of benzene rings is 1. The Kier molecular flexibility index (Phi) is 22.4. The number of aliphatic hydroxyl groups is 1. The number of aryl methyl sites for hydroxylation is 3. The molecule has 4 nitrogen and oxygen atoms in total. The number of halogens is 1. The molecule has 0 fully saturated rings. The number of nitrogens with zero attached hydrogens (tertiary/aromatic N) is 2. The van der Waals surface area contributed by atoms with Crippen LogP contribution in [0.15, 0.2) is 42.7 Å². The highest BCUT2D eigenvalue weighted by Gasteiger charge is 2.24. The van der Waals surface area contributed by atoms with Crippen molar-refractivity contribution in [2.45, 2.75) is 120 Å². The van der Waals surface area contributed by atoms with Crippen molar-refractivity contribution in [1.29, 1.82) is 0 Å². The van der Waals surface area contributed by atoms with Crippen LogP contribution in [0.4, 0.5) is 4.39 Å². The number of hydrogen-bond acceptors (Lipinski definition) is 4. The molecule has 0 saturated heterocycles. The molecule has 1 N–H and O–H groups in total. The Morgan fingerprint density at radius 1 is 1.07 bits per heavy atom. The van der Waals surface area contributed by atoms with Crippen LogP contribution in [-0.4, -0.2) is 21.7 Å². The molecule has 0 unspecified atom stereocenters. The minimum absolute atomic E-state index is 0.639. The number of alkyl halides is 1. The van der Waals surface area contributed by atoms with Gasteiger partial charge in [-0.3, -0.25) is 0 Å². The van der Waals surface area contributed by atoms with Gasteiger partial charge in [0, 0.05) is 16.5 Å². The van der Waals surface area contributed by atoms with Crippen LogP contribution in [0.2, 0.25) is 0 Å². The Hall–Kier alpha value is -2.95. The summed E-state index contributed by atoms with van der Waals surface area (Å²) in [6.07, 6.45) is 13.5. The number of ether oxygens (including phenoxy) is 1. The van der Waals surface area contributed by atoms with Crippen molar-refractivity contribution < 1.29 is 14.2 Å². The molecule has 1 aromatic heterocycles. The summed E-state index contributed by atoms with van der Waals surface area (Å²) in [7, 11) is 0. The van der Waals surface area contributed by atoms with Crippen molar-refractivity contribution in [1.82, 2.24) is 9.97 Å². The molecule has 0 radical (unpaired) electrons. The highest BCUT2D eigenvalue weighted by molar-refractivity contribution is 5.45. The van der Waals surface area contributed by atoms with E-state index in [9.17, 15) is 4.39 Å². The standard InChI is InChI=1S/C14H21FO.C12H16N2.C7H14O.C2H6/c1-5-10-16-13-11(6-2)8-7-9-12(13)14(3,4)15;1-6-12-11(7-8(2)3)9(4)13-10(5)14-12;1-2-3-4-5-6-7-8;1-2/h7-9H,5-6,10H2,1-4H3;6-7H,2H2,1,3-5H3;6-8H,2-5H2,1H3;1-2H3/b;11-7-,12-6+;7-6-;. The SMILES string of the molecule is C=C(C)/C=c1/c(C)nc(C)n/c1=C/C.CC.CCCCC/C=C\O.CCCOc1c(CC)cccc1C(C)(C)F. The molecular formula is C35H57FN2O2. The van der Waals surface area contributed by atoms with E-state index in [1.807, 2.05) is 71.9 Å². The minimum Gasteiger partial charge on any atom is -0.516 e. The normalized spacial score (nSPS) is 11.6. The summed E-state index contributed by atoms with van der Waals surface area (Å²) >= 11 is 0. The van der Waals surface area contributed by atoms with E-state index in [1.54, 1.807) is 19.9 Å². The van der Waals surface area contributed by atoms with Gasteiger partial charge in [-0.15, -0.1) is 0 Å². The minimum atomic E-state index is -1.35. The van der Waals surface area contributed by atoms with E-state index in [2.05, 4.69) is 37.3 Å². The van der Waals surface area contributed by atoms with Crippen molar-refractivity contribution in [2.24, 2.45) is 0 Å². The molecule has 2 rings (SSSR count). The van der Waals surface area contributed by atoms with Gasteiger partial charge in [-0.05, 0) is 78.9 Å². The Bertz CT molecular complexity index is 1120. The van der Waals surface area contributed by atoms with Crippen molar-refractivity contribution in [3.8, 4) is 5.75 Å². The van der Waals surface area contributed by atoms with Gasteiger partial charge in [-0.25, -0.2) is 14.4 Å². The average Bonchev–Trinajstić information content (AvgIpc) is 2.92. The molecule has 5 heteroatoms. The molecule has 0 amide bonds. The van der Waals surface area contributed by atoms with Crippen LogP contribution in [-0.2, 0) is 12.1 Å². The van der Waals surface area contributed by atoms with Gasteiger partial charge >= 0.3 is 0 Å². The lowest BCUT2D eigenvalue weighted by Crippen LogP contribution is -2.32. The molecule has 226 valence electrons. The summed E-state index contributed by atoms with van der Waals surface area (Å²) in [5.41, 5.74) is 2.41. The summed E-state index contributed by atoms with van der Waals surface area (Å²) in [5.74, 6) is 1.55. The van der Waals surface area contributed by atoms with Crippen LogP contribution in [0, 0.1) is 13.8 Å². The fourth-order valence-electron chi connectivity index (χ4n) is 3.69. The Morgan fingerprint density at radius 2 is 1.73 bits per heavy atom. The smallest absolute Gasteiger partial charge is 0.134 e. The lowest BCUT2D eigenvalue weighted by Gasteiger charge is -2.21. The number of para-hydroxylation sites is 1. The first-order chi connectivity index (χ1) is 19.0. The van der Waals surface area contributed by atoms with E-state index in [0.29, 0.717) is 12.2 Å². The number of rotatable bonds is 10. The zero-order valence-electron chi connectivity index (χ0n) is 27.3. The molecule has 0 aliphatic rings. The van der Waals surface area contributed by atoms with E-state index in [4.69, 9.17) is 9.84 Å². The van der Waals surface area contributed by atoms with E-state index < -0.39 is 5.67 Å². The predicted octanol–water partition coefficient (Wildman–Crippen LogP) is 9.16. The second-order valence-electron chi connectivity index (χ2n) is 9.78. The zero-order chi connectivity index (χ0) is 31.1. The van der Waals surface area contributed by atoms with Gasteiger partial charge in [0.2, 0.25) is 0 Å². The molecule has 1 heterocycles. The van der Waals surface area contributed by atoms with Gasteiger partial charge in [-0.1, -0.05) is 90.0 Å². The quantitative estimate of drug-likeness (QED) is 0.234. The maximum atomic E-state index is 14.0. The fraction of sp³-hybridized carbons (Fsp3) is 0.543. The Morgan fingerprint density at radius 3 is 2.20 bits per heavy atom. The first kappa shape index (κ1) is 39.2. The maximum absolute atomic E-state index is 14.0. The number of allylic oxidation sites excluding steroid dienone is 2. The van der Waals surface area contributed by atoms with E-state index >= 15 is 0 Å². The maximum Gasteiger partial charge on any atom is 0.134 e. The van der Waals surface area contributed by atoms with Crippen molar-refractivity contribution in [3.05, 3.63) is 75.9 Å². The summed E-state index contributed by atoms with van der Waals surface area (Å²) in [5, 5.41) is 10.2. The summed E-state index contributed by atoms with van der Waals surface area (Å²) in [6, 6.07) is 5.71. The predicted molar refractivity (Wildman–Crippen MR) is 173 cm³/mol. The van der Waals surface area contributed by atoms with E-state index in [1.165, 1.54) is 19.3 Å². The van der Waals surface area contributed by atoms with Gasteiger partial charge in [0.05, 0.1) is 18.2 Å².